The zero-order valence-corrected chi connectivity index (χ0v) is 15.4. The van der Waals surface area contributed by atoms with Crippen LogP contribution in [0.15, 0.2) is 47.1 Å². The molecule has 3 rings (SSSR count). The monoisotopic (exact) mass is 354 g/mol. The number of hydrogen-bond donors (Lipinski definition) is 1. The predicted molar refractivity (Wildman–Crippen MR) is 101 cm³/mol. The van der Waals surface area contributed by atoms with E-state index in [9.17, 15) is 9.59 Å². The van der Waals surface area contributed by atoms with E-state index in [1.807, 2.05) is 18.2 Å². The molecule has 1 saturated heterocycles. The van der Waals surface area contributed by atoms with Gasteiger partial charge in [-0.1, -0.05) is 32.0 Å². The van der Waals surface area contributed by atoms with Crippen molar-refractivity contribution in [1.29, 1.82) is 0 Å². The molecule has 1 aliphatic rings. The standard InChI is InChI=1S/C21H26N2O3/c1-3-15(2)17-7-4-5-8-18(17)22-20(24)16-10-12-23(13-11-16)21(25)19-9-6-14-26-19/h4-9,14-16H,3,10-13H2,1-2H3,(H,22,24). The lowest BCUT2D eigenvalue weighted by molar-refractivity contribution is -0.121. The highest BCUT2D eigenvalue weighted by molar-refractivity contribution is 5.94. The minimum Gasteiger partial charge on any atom is -0.459 e. The van der Waals surface area contributed by atoms with Crippen LogP contribution in [0.1, 0.15) is 55.1 Å². The van der Waals surface area contributed by atoms with Gasteiger partial charge in [-0.3, -0.25) is 9.59 Å². The number of likely N-dealkylation sites (tertiary alicyclic amines) is 1. The second-order valence-electron chi connectivity index (χ2n) is 6.93. The van der Waals surface area contributed by atoms with Crippen LogP contribution >= 0.6 is 0 Å². The van der Waals surface area contributed by atoms with E-state index in [-0.39, 0.29) is 17.7 Å². The average molecular weight is 354 g/mol. The molecule has 1 aromatic heterocycles. The Balaban J connectivity index is 1.59. The van der Waals surface area contributed by atoms with Gasteiger partial charge in [0.2, 0.25) is 5.91 Å². The van der Waals surface area contributed by atoms with E-state index in [0.29, 0.717) is 37.6 Å². The highest BCUT2D eigenvalue weighted by Crippen LogP contribution is 2.28. The first kappa shape index (κ1) is 18.2. The fraction of sp³-hybridized carbons (Fsp3) is 0.429. The highest BCUT2D eigenvalue weighted by Gasteiger charge is 2.29. The third kappa shape index (κ3) is 3.98. The predicted octanol–water partition coefficient (Wildman–Crippen LogP) is 4.28. The number of carbonyl (C=O) groups is 2. The summed E-state index contributed by atoms with van der Waals surface area (Å²) in [5.41, 5.74) is 2.08. The van der Waals surface area contributed by atoms with Gasteiger partial charge in [0.15, 0.2) is 5.76 Å². The first-order valence-electron chi connectivity index (χ1n) is 9.32. The highest BCUT2D eigenvalue weighted by atomic mass is 16.3. The molecule has 0 bridgehead atoms. The maximum Gasteiger partial charge on any atom is 0.289 e. The molecule has 1 N–H and O–H groups in total. The fourth-order valence-electron chi connectivity index (χ4n) is 3.40. The molecule has 2 aromatic rings. The topological polar surface area (TPSA) is 62.6 Å². The van der Waals surface area contributed by atoms with Gasteiger partial charge >= 0.3 is 0 Å². The van der Waals surface area contributed by atoms with Crippen LogP contribution in [0.3, 0.4) is 0 Å². The van der Waals surface area contributed by atoms with Gasteiger partial charge < -0.3 is 14.6 Å². The number of hydrogen-bond acceptors (Lipinski definition) is 3. The number of piperidine rings is 1. The summed E-state index contributed by atoms with van der Waals surface area (Å²) in [4.78, 5) is 26.8. The number of nitrogens with one attached hydrogen (secondary N) is 1. The van der Waals surface area contributed by atoms with Gasteiger partial charge in [0.1, 0.15) is 0 Å². The van der Waals surface area contributed by atoms with E-state index in [2.05, 4.69) is 25.2 Å². The van der Waals surface area contributed by atoms with Gasteiger partial charge in [-0.15, -0.1) is 0 Å². The summed E-state index contributed by atoms with van der Waals surface area (Å²) in [5.74, 6) is 0.636. The number of amides is 2. The van der Waals surface area contributed by atoms with Crippen LogP contribution in [0.5, 0.6) is 0 Å². The summed E-state index contributed by atoms with van der Waals surface area (Å²) in [7, 11) is 0. The SMILES string of the molecule is CCC(C)c1ccccc1NC(=O)C1CCN(C(=O)c2ccco2)CC1. The third-order valence-corrected chi connectivity index (χ3v) is 5.25. The number of anilines is 1. The van der Waals surface area contributed by atoms with Crippen LogP contribution < -0.4 is 5.32 Å². The third-order valence-electron chi connectivity index (χ3n) is 5.25. The number of rotatable bonds is 5. The first-order valence-corrected chi connectivity index (χ1v) is 9.32. The minimum atomic E-state index is -0.101. The minimum absolute atomic E-state index is 0.0471. The fourth-order valence-corrected chi connectivity index (χ4v) is 3.40. The van der Waals surface area contributed by atoms with Crippen molar-refractivity contribution in [1.82, 2.24) is 4.90 Å². The summed E-state index contributed by atoms with van der Waals surface area (Å²) >= 11 is 0. The van der Waals surface area contributed by atoms with E-state index in [4.69, 9.17) is 4.42 Å². The zero-order valence-electron chi connectivity index (χ0n) is 15.4. The molecule has 2 amide bonds. The maximum atomic E-state index is 12.7. The average Bonchev–Trinajstić information content (AvgIpc) is 3.22. The number of para-hydroxylation sites is 1. The van der Waals surface area contributed by atoms with Crippen molar-refractivity contribution in [3.63, 3.8) is 0 Å². The van der Waals surface area contributed by atoms with Gasteiger partial charge in [0.05, 0.1) is 6.26 Å². The number of benzene rings is 1. The number of nitrogens with zero attached hydrogens (tertiary/aromatic N) is 1. The molecule has 1 fully saturated rings. The van der Waals surface area contributed by atoms with E-state index >= 15 is 0 Å². The van der Waals surface area contributed by atoms with Gasteiger partial charge in [-0.2, -0.15) is 0 Å². The van der Waals surface area contributed by atoms with Crippen molar-refractivity contribution in [3.8, 4) is 0 Å². The molecular formula is C21H26N2O3. The molecule has 138 valence electrons. The molecular weight excluding hydrogens is 328 g/mol. The molecule has 0 saturated carbocycles. The molecule has 5 heteroatoms. The second kappa shape index (κ2) is 8.21. The smallest absolute Gasteiger partial charge is 0.289 e. The molecule has 0 spiro atoms. The molecule has 0 radical (unpaired) electrons. The van der Waals surface area contributed by atoms with Gasteiger partial charge in [-0.05, 0) is 48.9 Å². The lowest BCUT2D eigenvalue weighted by atomic mass is 9.94. The van der Waals surface area contributed by atoms with Crippen LogP contribution in [0.25, 0.3) is 0 Å². The van der Waals surface area contributed by atoms with E-state index in [1.54, 1.807) is 17.0 Å². The van der Waals surface area contributed by atoms with Crippen molar-refractivity contribution < 1.29 is 14.0 Å². The van der Waals surface area contributed by atoms with Crippen molar-refractivity contribution in [3.05, 3.63) is 54.0 Å². The molecule has 5 nitrogen and oxygen atoms in total. The van der Waals surface area contributed by atoms with Crippen LogP contribution in [-0.2, 0) is 4.79 Å². The van der Waals surface area contributed by atoms with Crippen LogP contribution in [-0.4, -0.2) is 29.8 Å². The zero-order chi connectivity index (χ0) is 18.5. The Morgan fingerprint density at radius 2 is 1.92 bits per heavy atom. The molecule has 1 aromatic carbocycles. The molecule has 1 unspecified atom stereocenters. The van der Waals surface area contributed by atoms with Gasteiger partial charge in [0, 0.05) is 24.7 Å². The largest absolute Gasteiger partial charge is 0.459 e. The van der Waals surface area contributed by atoms with Crippen molar-refractivity contribution in [2.45, 2.75) is 39.0 Å². The molecule has 26 heavy (non-hydrogen) atoms. The summed E-state index contributed by atoms with van der Waals surface area (Å²) in [6.45, 7) is 5.47. The number of furan rings is 1. The normalized spacial score (nSPS) is 16.3. The Morgan fingerprint density at radius 1 is 1.19 bits per heavy atom. The maximum absolute atomic E-state index is 12.7. The van der Waals surface area contributed by atoms with E-state index < -0.39 is 0 Å². The summed E-state index contributed by atoms with van der Waals surface area (Å²) in [6, 6.07) is 11.4. The molecule has 1 aliphatic heterocycles. The quantitative estimate of drug-likeness (QED) is 0.871. The Bertz CT molecular complexity index is 746. The van der Waals surface area contributed by atoms with Crippen LogP contribution in [0, 0.1) is 5.92 Å². The van der Waals surface area contributed by atoms with Gasteiger partial charge in [0.25, 0.3) is 5.91 Å². The van der Waals surface area contributed by atoms with Crippen LogP contribution in [0.2, 0.25) is 0 Å². The van der Waals surface area contributed by atoms with Crippen molar-refractivity contribution >= 4 is 17.5 Å². The van der Waals surface area contributed by atoms with Crippen molar-refractivity contribution in [2.24, 2.45) is 5.92 Å². The number of carbonyl (C=O) groups excluding carboxylic acids is 2. The van der Waals surface area contributed by atoms with E-state index in [0.717, 1.165) is 12.1 Å². The molecule has 2 heterocycles. The van der Waals surface area contributed by atoms with Gasteiger partial charge in [-0.25, -0.2) is 0 Å². The summed E-state index contributed by atoms with van der Waals surface area (Å²) in [6.07, 6.45) is 3.87. The lowest BCUT2D eigenvalue weighted by Gasteiger charge is -2.31. The Kier molecular flexibility index (Phi) is 5.76. The Morgan fingerprint density at radius 3 is 2.58 bits per heavy atom. The molecule has 0 aliphatic carbocycles. The summed E-state index contributed by atoms with van der Waals surface area (Å²) < 4.78 is 5.18. The first-order chi connectivity index (χ1) is 12.6. The van der Waals surface area contributed by atoms with Crippen molar-refractivity contribution in [2.75, 3.05) is 18.4 Å². The Hall–Kier alpha value is -2.56. The van der Waals surface area contributed by atoms with E-state index in [1.165, 1.54) is 11.8 Å². The summed E-state index contributed by atoms with van der Waals surface area (Å²) in [5, 5.41) is 3.11. The second-order valence-corrected chi connectivity index (χ2v) is 6.93. The lowest BCUT2D eigenvalue weighted by Crippen LogP contribution is -2.41. The van der Waals surface area contributed by atoms with Crippen LogP contribution in [0.4, 0.5) is 5.69 Å². The Labute approximate surface area is 154 Å². The molecule has 1 atom stereocenters.